The molecule has 3 aliphatic heterocycles. The molecule has 1 saturated carbocycles. The molecular weight excluding hydrogens is 336 g/mol. The van der Waals surface area contributed by atoms with Gasteiger partial charge in [-0.15, -0.1) is 6.58 Å². The van der Waals surface area contributed by atoms with E-state index in [9.17, 15) is 9.59 Å². The van der Waals surface area contributed by atoms with Crippen LogP contribution in [0.4, 0.5) is 0 Å². The maximum absolute atomic E-state index is 13.2. The number of hydrogen-bond donors (Lipinski definition) is 0. The summed E-state index contributed by atoms with van der Waals surface area (Å²) in [5, 5.41) is 0. The number of methoxy groups -OCH3 is 1. The molecule has 3 fully saturated rings. The summed E-state index contributed by atoms with van der Waals surface area (Å²) in [6.45, 7) is 8.05. The summed E-state index contributed by atoms with van der Waals surface area (Å²) in [6, 6.07) is 0. The third kappa shape index (κ3) is 1.50. The molecule has 2 aliphatic carbocycles. The standard InChI is InChI=1S/C20H22O6/c1-5-18(2)7-6-12-19(3)11-8-10-9-13(23-4)24-16(22)14(18)20(10,12)26-17(19)25-15(11)21/h5,8-9,11-12,14,17H,1,6-7H2,2-4H3/t11-,12+,14+,17+,18-,19+,20-/m1/s1. The molecule has 26 heavy (non-hydrogen) atoms. The quantitative estimate of drug-likeness (QED) is 0.558. The Hall–Kier alpha value is -2.08. The van der Waals surface area contributed by atoms with Crippen LogP contribution in [0.15, 0.2) is 36.3 Å². The summed E-state index contributed by atoms with van der Waals surface area (Å²) >= 11 is 0. The minimum Gasteiger partial charge on any atom is -0.468 e. The van der Waals surface area contributed by atoms with Crippen molar-refractivity contribution in [1.29, 1.82) is 0 Å². The van der Waals surface area contributed by atoms with Gasteiger partial charge in [-0.2, -0.15) is 0 Å². The summed E-state index contributed by atoms with van der Waals surface area (Å²) < 4.78 is 22.9. The van der Waals surface area contributed by atoms with Gasteiger partial charge in [-0.1, -0.05) is 26.0 Å². The highest BCUT2D eigenvalue weighted by molar-refractivity contribution is 5.83. The van der Waals surface area contributed by atoms with Crippen molar-refractivity contribution in [3.8, 4) is 0 Å². The van der Waals surface area contributed by atoms with E-state index < -0.39 is 28.6 Å². The smallest absolute Gasteiger partial charge is 0.320 e. The molecule has 0 unspecified atom stereocenters. The molecule has 3 heterocycles. The third-order valence-corrected chi connectivity index (χ3v) is 7.46. The Labute approximate surface area is 151 Å². The average molecular weight is 358 g/mol. The molecule has 6 heteroatoms. The molecule has 0 aromatic heterocycles. The van der Waals surface area contributed by atoms with Gasteiger partial charge in [0, 0.05) is 17.4 Å². The average Bonchev–Trinajstić information content (AvgIpc) is 2.88. The highest BCUT2D eigenvalue weighted by Gasteiger charge is 2.79. The Morgan fingerprint density at radius 1 is 1.31 bits per heavy atom. The lowest BCUT2D eigenvalue weighted by molar-refractivity contribution is -0.203. The van der Waals surface area contributed by atoms with Crippen molar-refractivity contribution in [1.82, 2.24) is 0 Å². The molecule has 0 radical (unpaired) electrons. The van der Waals surface area contributed by atoms with Crippen LogP contribution >= 0.6 is 0 Å². The lowest BCUT2D eigenvalue weighted by atomic mass is 9.47. The number of rotatable bonds is 2. The maximum atomic E-state index is 13.2. The van der Waals surface area contributed by atoms with E-state index in [0.29, 0.717) is 0 Å². The van der Waals surface area contributed by atoms with Gasteiger partial charge in [0.2, 0.25) is 6.29 Å². The van der Waals surface area contributed by atoms with Crippen LogP contribution in [0, 0.1) is 28.6 Å². The van der Waals surface area contributed by atoms with Gasteiger partial charge < -0.3 is 18.9 Å². The van der Waals surface area contributed by atoms with Gasteiger partial charge in [-0.3, -0.25) is 9.59 Å². The van der Waals surface area contributed by atoms with Crippen molar-refractivity contribution in [2.24, 2.45) is 28.6 Å². The Morgan fingerprint density at radius 2 is 2.08 bits per heavy atom. The molecule has 0 aromatic rings. The van der Waals surface area contributed by atoms with Crippen molar-refractivity contribution >= 4 is 11.9 Å². The first-order valence-electron chi connectivity index (χ1n) is 9.03. The number of esters is 2. The van der Waals surface area contributed by atoms with E-state index in [1.54, 1.807) is 6.08 Å². The van der Waals surface area contributed by atoms with Crippen LogP contribution in [-0.2, 0) is 28.5 Å². The fourth-order valence-corrected chi connectivity index (χ4v) is 6.08. The van der Waals surface area contributed by atoms with Crippen LogP contribution in [0.5, 0.6) is 0 Å². The SMILES string of the molecule is C=C[C@]1(C)CC[C@@H]2[C@]34O[C@@H]5OC(=O)[C@@H](C=C3C=C(OC)OC(=O)[C@H]41)[C@]52C. The van der Waals surface area contributed by atoms with Crippen LogP contribution < -0.4 is 0 Å². The number of hydrogen-bond acceptors (Lipinski definition) is 6. The van der Waals surface area contributed by atoms with E-state index in [-0.39, 0.29) is 29.7 Å². The first kappa shape index (κ1) is 16.1. The van der Waals surface area contributed by atoms with Gasteiger partial charge in [0.25, 0.3) is 5.95 Å². The lowest BCUT2D eigenvalue weighted by Crippen LogP contribution is -2.61. The first-order chi connectivity index (χ1) is 12.3. The largest absolute Gasteiger partial charge is 0.468 e. The van der Waals surface area contributed by atoms with Crippen molar-refractivity contribution in [3.05, 3.63) is 36.3 Å². The van der Waals surface area contributed by atoms with Crippen LogP contribution in [-0.4, -0.2) is 30.9 Å². The molecule has 6 nitrogen and oxygen atoms in total. The van der Waals surface area contributed by atoms with Gasteiger partial charge in [0.05, 0.1) is 24.4 Å². The van der Waals surface area contributed by atoms with Gasteiger partial charge >= 0.3 is 11.9 Å². The number of ether oxygens (including phenoxy) is 4. The Kier molecular flexibility index (Phi) is 2.85. The van der Waals surface area contributed by atoms with E-state index in [2.05, 4.69) is 6.58 Å². The predicted octanol–water partition coefficient (Wildman–Crippen LogP) is 2.46. The second-order valence-corrected chi connectivity index (χ2v) is 8.47. The number of allylic oxidation sites excluding steroid dienone is 1. The summed E-state index contributed by atoms with van der Waals surface area (Å²) in [5.41, 5.74) is -1.08. The Bertz CT molecular complexity index is 811. The highest BCUT2D eigenvalue weighted by atomic mass is 16.7. The molecule has 2 bridgehead atoms. The molecule has 1 spiro atoms. The zero-order chi connectivity index (χ0) is 18.5. The monoisotopic (exact) mass is 358 g/mol. The second kappa shape index (κ2) is 4.60. The topological polar surface area (TPSA) is 71.1 Å². The summed E-state index contributed by atoms with van der Waals surface area (Å²) in [6.07, 6.45) is 6.36. The van der Waals surface area contributed by atoms with Gasteiger partial charge in [0.1, 0.15) is 5.60 Å². The zero-order valence-corrected chi connectivity index (χ0v) is 15.1. The van der Waals surface area contributed by atoms with Crippen molar-refractivity contribution < 1.29 is 28.5 Å². The Balaban J connectivity index is 1.82. The fraction of sp³-hybridized carbons (Fsp3) is 0.600. The van der Waals surface area contributed by atoms with Crippen molar-refractivity contribution in [2.45, 2.75) is 38.6 Å². The zero-order valence-electron chi connectivity index (χ0n) is 15.1. The van der Waals surface area contributed by atoms with E-state index in [1.165, 1.54) is 7.11 Å². The predicted molar refractivity (Wildman–Crippen MR) is 89.1 cm³/mol. The second-order valence-electron chi connectivity index (χ2n) is 8.47. The van der Waals surface area contributed by atoms with E-state index in [1.807, 2.05) is 26.0 Å². The van der Waals surface area contributed by atoms with E-state index >= 15 is 0 Å². The van der Waals surface area contributed by atoms with E-state index in [0.717, 1.165) is 18.4 Å². The van der Waals surface area contributed by atoms with Crippen LogP contribution in [0.25, 0.3) is 0 Å². The van der Waals surface area contributed by atoms with Crippen LogP contribution in [0.3, 0.4) is 0 Å². The molecule has 138 valence electrons. The minimum atomic E-state index is -0.894. The van der Waals surface area contributed by atoms with Gasteiger partial charge in [-0.25, -0.2) is 0 Å². The molecule has 2 saturated heterocycles. The molecular formula is C20H22O6. The van der Waals surface area contributed by atoms with Gasteiger partial charge in [-0.05, 0) is 18.4 Å². The molecule has 5 aliphatic rings. The summed E-state index contributed by atoms with van der Waals surface area (Å²) in [4.78, 5) is 25.6. The number of cyclic esters (lactones) is 1. The normalized spacial score (nSPS) is 50.7. The summed E-state index contributed by atoms with van der Waals surface area (Å²) in [7, 11) is 1.46. The Morgan fingerprint density at radius 3 is 2.77 bits per heavy atom. The van der Waals surface area contributed by atoms with Crippen molar-refractivity contribution in [3.63, 3.8) is 0 Å². The first-order valence-corrected chi connectivity index (χ1v) is 9.03. The molecule has 0 amide bonds. The number of carbonyl (C=O) groups is 2. The molecule has 5 rings (SSSR count). The van der Waals surface area contributed by atoms with Crippen LogP contribution in [0.1, 0.15) is 26.7 Å². The van der Waals surface area contributed by atoms with Crippen LogP contribution in [0.2, 0.25) is 0 Å². The fourth-order valence-electron chi connectivity index (χ4n) is 6.08. The maximum Gasteiger partial charge on any atom is 0.320 e. The molecule has 0 N–H and O–H groups in total. The third-order valence-electron chi connectivity index (χ3n) is 7.46. The number of carbonyl (C=O) groups excluding carboxylic acids is 2. The molecule has 0 aromatic carbocycles. The van der Waals surface area contributed by atoms with Gasteiger partial charge in [0.15, 0.2) is 0 Å². The summed E-state index contributed by atoms with van der Waals surface area (Å²) in [5.74, 6) is -1.52. The highest BCUT2D eigenvalue weighted by Crippen LogP contribution is 2.71. The van der Waals surface area contributed by atoms with E-state index in [4.69, 9.17) is 18.9 Å². The molecule has 7 atom stereocenters. The minimum absolute atomic E-state index is 0.0190. The van der Waals surface area contributed by atoms with Crippen molar-refractivity contribution in [2.75, 3.05) is 7.11 Å². The lowest BCUT2D eigenvalue weighted by Gasteiger charge is -2.55.